The first kappa shape index (κ1) is 18.3. The standard InChI is InChI=1S/C21H26N4OS/c1-3-13-25-20(16-11-12-16)22-23-21(25)27-14-19(26)24(2)18-10-6-8-15-7-4-5-9-17(15)18/h3-5,7,9,16,18H,1,6,8,10-14H2,2H3. The summed E-state index contributed by atoms with van der Waals surface area (Å²) in [5.41, 5.74) is 2.68. The van der Waals surface area contributed by atoms with Crippen LogP contribution in [-0.2, 0) is 17.8 Å². The van der Waals surface area contributed by atoms with Crippen LogP contribution in [0, 0.1) is 0 Å². The van der Waals surface area contributed by atoms with Gasteiger partial charge in [-0.3, -0.25) is 4.79 Å². The number of thioether (sulfide) groups is 1. The fraction of sp³-hybridized carbons (Fsp3) is 0.476. The predicted octanol–water partition coefficient (Wildman–Crippen LogP) is 3.97. The molecule has 2 aliphatic rings. The summed E-state index contributed by atoms with van der Waals surface area (Å²) in [6, 6.07) is 8.69. The van der Waals surface area contributed by atoms with Crippen LogP contribution in [0.25, 0.3) is 0 Å². The van der Waals surface area contributed by atoms with E-state index >= 15 is 0 Å². The molecule has 27 heavy (non-hydrogen) atoms. The lowest BCUT2D eigenvalue weighted by Gasteiger charge is -2.33. The highest BCUT2D eigenvalue weighted by Crippen LogP contribution is 2.40. The number of amides is 1. The molecule has 1 saturated carbocycles. The summed E-state index contributed by atoms with van der Waals surface area (Å²) in [5.74, 6) is 2.10. The van der Waals surface area contributed by atoms with Crippen molar-refractivity contribution in [1.29, 1.82) is 0 Å². The molecule has 0 N–H and O–H groups in total. The maximum Gasteiger partial charge on any atom is 0.233 e. The van der Waals surface area contributed by atoms with E-state index in [0.29, 0.717) is 18.2 Å². The van der Waals surface area contributed by atoms with Gasteiger partial charge in [-0.05, 0) is 43.2 Å². The van der Waals surface area contributed by atoms with Gasteiger partial charge < -0.3 is 9.47 Å². The molecule has 6 heteroatoms. The van der Waals surface area contributed by atoms with E-state index < -0.39 is 0 Å². The van der Waals surface area contributed by atoms with Crippen LogP contribution in [0.3, 0.4) is 0 Å². The monoisotopic (exact) mass is 382 g/mol. The number of hydrogen-bond donors (Lipinski definition) is 0. The number of benzene rings is 1. The Bertz CT molecular complexity index is 842. The highest BCUT2D eigenvalue weighted by atomic mass is 32.2. The van der Waals surface area contributed by atoms with Crippen molar-refractivity contribution in [3.8, 4) is 0 Å². The first-order valence-corrected chi connectivity index (χ1v) is 10.7. The topological polar surface area (TPSA) is 51.0 Å². The minimum absolute atomic E-state index is 0.142. The van der Waals surface area contributed by atoms with E-state index in [-0.39, 0.29) is 11.9 Å². The molecule has 2 aromatic rings. The summed E-state index contributed by atoms with van der Waals surface area (Å²) in [7, 11) is 1.93. The molecular formula is C21H26N4OS. The van der Waals surface area contributed by atoms with Crippen molar-refractivity contribution in [1.82, 2.24) is 19.7 Å². The molecular weight excluding hydrogens is 356 g/mol. The maximum atomic E-state index is 12.9. The van der Waals surface area contributed by atoms with Gasteiger partial charge in [0.15, 0.2) is 5.16 Å². The molecule has 1 amide bonds. The van der Waals surface area contributed by atoms with E-state index in [0.717, 1.165) is 30.2 Å². The van der Waals surface area contributed by atoms with Crippen LogP contribution in [0.4, 0.5) is 0 Å². The lowest BCUT2D eigenvalue weighted by Crippen LogP contribution is -2.34. The van der Waals surface area contributed by atoms with Crippen LogP contribution in [0.5, 0.6) is 0 Å². The molecule has 0 bridgehead atoms. The second-order valence-electron chi connectivity index (χ2n) is 7.41. The van der Waals surface area contributed by atoms with Gasteiger partial charge in [0, 0.05) is 19.5 Å². The summed E-state index contributed by atoms with van der Waals surface area (Å²) >= 11 is 1.49. The van der Waals surface area contributed by atoms with Crippen molar-refractivity contribution in [3.63, 3.8) is 0 Å². The summed E-state index contributed by atoms with van der Waals surface area (Å²) in [4.78, 5) is 14.8. The largest absolute Gasteiger partial charge is 0.338 e. The Labute approximate surface area is 164 Å². The van der Waals surface area contributed by atoms with Crippen molar-refractivity contribution >= 4 is 17.7 Å². The van der Waals surface area contributed by atoms with Gasteiger partial charge in [-0.2, -0.15) is 0 Å². The maximum absolute atomic E-state index is 12.9. The Morgan fingerprint density at radius 1 is 1.33 bits per heavy atom. The van der Waals surface area contributed by atoms with Crippen LogP contribution in [0.15, 0.2) is 42.1 Å². The minimum Gasteiger partial charge on any atom is -0.338 e. The molecule has 0 spiro atoms. The van der Waals surface area contributed by atoms with Crippen molar-refractivity contribution in [2.24, 2.45) is 0 Å². The number of fused-ring (bicyclic) bond motifs is 1. The Morgan fingerprint density at radius 3 is 2.93 bits per heavy atom. The Balaban J connectivity index is 1.43. The quantitative estimate of drug-likeness (QED) is 0.537. The molecule has 0 radical (unpaired) electrons. The van der Waals surface area contributed by atoms with Gasteiger partial charge in [0.1, 0.15) is 5.82 Å². The molecule has 1 aromatic heterocycles. The number of hydrogen-bond acceptors (Lipinski definition) is 4. The zero-order chi connectivity index (χ0) is 18.8. The summed E-state index contributed by atoms with van der Waals surface area (Å²) < 4.78 is 2.11. The summed E-state index contributed by atoms with van der Waals surface area (Å²) in [6.45, 7) is 4.54. The van der Waals surface area contributed by atoms with E-state index in [4.69, 9.17) is 0 Å². The Morgan fingerprint density at radius 2 is 2.15 bits per heavy atom. The molecule has 142 valence electrons. The fourth-order valence-corrected chi connectivity index (χ4v) is 4.76. The predicted molar refractivity (Wildman–Crippen MR) is 108 cm³/mol. The van der Waals surface area contributed by atoms with Crippen molar-refractivity contribution in [3.05, 3.63) is 53.9 Å². The summed E-state index contributed by atoms with van der Waals surface area (Å²) in [6.07, 6.45) is 7.50. The number of allylic oxidation sites excluding steroid dienone is 1. The van der Waals surface area contributed by atoms with Crippen LogP contribution in [0.2, 0.25) is 0 Å². The molecule has 0 aliphatic heterocycles. The number of carbonyl (C=O) groups excluding carboxylic acids is 1. The molecule has 4 rings (SSSR count). The second-order valence-corrected chi connectivity index (χ2v) is 8.36. The van der Waals surface area contributed by atoms with Gasteiger partial charge in [0.2, 0.25) is 5.91 Å². The zero-order valence-electron chi connectivity index (χ0n) is 15.8. The number of aryl methyl sites for hydroxylation is 1. The lowest BCUT2D eigenvalue weighted by molar-refractivity contribution is -0.129. The van der Waals surface area contributed by atoms with Crippen LogP contribution in [-0.4, -0.2) is 38.4 Å². The molecule has 1 fully saturated rings. The van der Waals surface area contributed by atoms with Crippen molar-refractivity contribution in [2.75, 3.05) is 12.8 Å². The number of rotatable bonds is 7. The highest BCUT2D eigenvalue weighted by molar-refractivity contribution is 7.99. The Hall–Kier alpha value is -2.08. The third-order valence-electron chi connectivity index (χ3n) is 5.52. The van der Waals surface area contributed by atoms with Gasteiger partial charge in [-0.1, -0.05) is 42.1 Å². The molecule has 0 saturated heterocycles. The van der Waals surface area contributed by atoms with E-state index in [1.54, 1.807) is 0 Å². The smallest absolute Gasteiger partial charge is 0.233 e. The molecule has 1 unspecified atom stereocenters. The SMILES string of the molecule is C=CCn1c(SCC(=O)N(C)C2CCCc3ccccc32)nnc1C1CC1. The molecule has 1 aromatic carbocycles. The van der Waals surface area contributed by atoms with Gasteiger partial charge in [-0.25, -0.2) is 0 Å². The lowest BCUT2D eigenvalue weighted by atomic mass is 9.87. The summed E-state index contributed by atoms with van der Waals surface area (Å²) in [5, 5.41) is 9.51. The van der Waals surface area contributed by atoms with Gasteiger partial charge in [0.05, 0.1) is 11.8 Å². The van der Waals surface area contributed by atoms with Crippen LogP contribution >= 0.6 is 11.8 Å². The average molecular weight is 383 g/mol. The molecule has 5 nitrogen and oxygen atoms in total. The van der Waals surface area contributed by atoms with E-state index in [1.807, 2.05) is 18.0 Å². The molecule has 1 heterocycles. The van der Waals surface area contributed by atoms with E-state index in [9.17, 15) is 4.79 Å². The van der Waals surface area contributed by atoms with Crippen LogP contribution < -0.4 is 0 Å². The van der Waals surface area contributed by atoms with Crippen molar-refractivity contribution in [2.45, 2.75) is 55.8 Å². The number of carbonyl (C=O) groups is 1. The number of aromatic nitrogens is 3. The van der Waals surface area contributed by atoms with Gasteiger partial charge in [0.25, 0.3) is 0 Å². The minimum atomic E-state index is 0.142. The Kier molecular flexibility index (Phi) is 5.34. The number of nitrogens with zero attached hydrogens (tertiary/aromatic N) is 4. The van der Waals surface area contributed by atoms with Gasteiger partial charge >= 0.3 is 0 Å². The van der Waals surface area contributed by atoms with Gasteiger partial charge in [-0.15, -0.1) is 16.8 Å². The first-order valence-electron chi connectivity index (χ1n) is 9.69. The van der Waals surface area contributed by atoms with E-state index in [2.05, 4.69) is 45.6 Å². The second kappa shape index (κ2) is 7.89. The fourth-order valence-electron chi connectivity index (χ4n) is 3.88. The van der Waals surface area contributed by atoms with E-state index in [1.165, 1.54) is 35.7 Å². The third kappa shape index (κ3) is 3.81. The molecule has 1 atom stereocenters. The third-order valence-corrected chi connectivity index (χ3v) is 6.47. The zero-order valence-corrected chi connectivity index (χ0v) is 16.6. The molecule has 2 aliphatic carbocycles. The normalized spacial score (nSPS) is 18.8. The first-order chi connectivity index (χ1) is 13.2. The van der Waals surface area contributed by atoms with Crippen molar-refractivity contribution < 1.29 is 4.79 Å². The van der Waals surface area contributed by atoms with Crippen LogP contribution in [0.1, 0.15) is 54.6 Å². The highest BCUT2D eigenvalue weighted by Gasteiger charge is 2.31. The average Bonchev–Trinajstić information content (AvgIpc) is 3.47.